The Balaban J connectivity index is 1.23. The van der Waals surface area contributed by atoms with E-state index in [-0.39, 0.29) is 17.0 Å². The van der Waals surface area contributed by atoms with E-state index in [2.05, 4.69) is 15.6 Å². The van der Waals surface area contributed by atoms with E-state index in [4.69, 9.17) is 11.6 Å². The molecule has 0 aliphatic carbocycles. The third kappa shape index (κ3) is 6.76. The molecule has 0 aliphatic rings. The summed E-state index contributed by atoms with van der Waals surface area (Å²) in [5.74, 6) is -1.80. The van der Waals surface area contributed by atoms with Gasteiger partial charge in [-0.25, -0.2) is 9.78 Å². The molecule has 222 valence electrons. The number of thioether (sulfide) groups is 1. The van der Waals surface area contributed by atoms with Gasteiger partial charge in [0.2, 0.25) is 5.91 Å². The molecule has 0 aliphatic heterocycles. The zero-order valence-electron chi connectivity index (χ0n) is 23.4. The van der Waals surface area contributed by atoms with Crippen LogP contribution in [0, 0.1) is 0 Å². The van der Waals surface area contributed by atoms with Crippen LogP contribution in [0.5, 0.6) is 0 Å². The molecule has 0 radical (unpaired) electrons. The molecule has 7 nitrogen and oxygen atoms in total. The molecule has 2 amide bonds. The lowest BCUT2D eigenvalue weighted by molar-refractivity contribution is -0.115. The minimum absolute atomic E-state index is 0.0542. The number of hydrogen-bond acceptors (Lipinski definition) is 6. The maximum atomic E-state index is 13.7. The summed E-state index contributed by atoms with van der Waals surface area (Å²) < 4.78 is 0. The van der Waals surface area contributed by atoms with Crippen LogP contribution in [0.3, 0.4) is 0 Å². The first-order chi connectivity index (χ1) is 21.9. The van der Waals surface area contributed by atoms with E-state index in [1.54, 1.807) is 54.6 Å². The second-order valence-corrected chi connectivity index (χ2v) is 12.4. The normalized spacial score (nSPS) is 11.6. The molecule has 0 fully saturated rings. The second kappa shape index (κ2) is 13.4. The molecule has 45 heavy (non-hydrogen) atoms. The number of anilines is 2. The zero-order valence-corrected chi connectivity index (χ0v) is 25.8. The largest absolute Gasteiger partial charge is 0.478 e. The summed E-state index contributed by atoms with van der Waals surface area (Å²) in [6.07, 6.45) is 0. The van der Waals surface area contributed by atoms with Crippen LogP contribution in [0.15, 0.2) is 126 Å². The van der Waals surface area contributed by atoms with Crippen molar-refractivity contribution in [2.45, 2.75) is 10.1 Å². The monoisotopic (exact) mass is 649 g/mol. The summed E-state index contributed by atoms with van der Waals surface area (Å²) in [6, 6.07) is 34.0. The van der Waals surface area contributed by atoms with E-state index >= 15 is 0 Å². The van der Waals surface area contributed by atoms with E-state index in [0.717, 1.165) is 16.0 Å². The molecule has 6 rings (SSSR count). The van der Waals surface area contributed by atoms with Crippen molar-refractivity contribution in [3.05, 3.63) is 142 Å². The van der Waals surface area contributed by atoms with Gasteiger partial charge in [0.1, 0.15) is 5.25 Å². The zero-order chi connectivity index (χ0) is 31.3. The summed E-state index contributed by atoms with van der Waals surface area (Å²) in [4.78, 5) is 44.3. The average Bonchev–Trinajstić information content (AvgIpc) is 3.51. The van der Waals surface area contributed by atoms with Gasteiger partial charge in [-0.2, -0.15) is 0 Å². The standard InChI is InChI=1S/C35H24ClN3O4S2/c36-28-18-5-4-15-25(28)29-20-44-35(38-29)39-33(41)31(22-9-2-1-3-10-22)45-24-14-8-13-23(19-24)37-32(40)26-16-6-11-21-12-7-17-27(30(21)26)34(42)43/h1-20,31H,(H,37,40)(H,42,43)(H,38,39,41). The van der Waals surface area contributed by atoms with Crippen molar-refractivity contribution in [2.75, 3.05) is 10.6 Å². The van der Waals surface area contributed by atoms with Crippen molar-refractivity contribution in [3.8, 4) is 11.3 Å². The number of carboxylic acid groups (broad SMARTS) is 1. The van der Waals surface area contributed by atoms with Crippen LogP contribution >= 0.6 is 34.7 Å². The number of hydrogen-bond donors (Lipinski definition) is 3. The number of halogens is 1. The molecule has 1 unspecified atom stereocenters. The molecule has 1 heterocycles. The number of aromatic carboxylic acids is 1. The fourth-order valence-corrected chi connectivity index (χ4v) is 6.92. The summed E-state index contributed by atoms with van der Waals surface area (Å²) >= 11 is 8.99. The van der Waals surface area contributed by atoms with Gasteiger partial charge in [0, 0.05) is 37.5 Å². The lowest BCUT2D eigenvalue weighted by Gasteiger charge is -2.17. The maximum Gasteiger partial charge on any atom is 0.336 e. The van der Waals surface area contributed by atoms with Crippen LogP contribution in [-0.4, -0.2) is 27.9 Å². The summed E-state index contributed by atoms with van der Waals surface area (Å²) in [5.41, 5.74) is 3.07. The van der Waals surface area contributed by atoms with Gasteiger partial charge in [0.25, 0.3) is 5.91 Å². The third-order valence-corrected chi connectivity index (χ3v) is 9.29. The van der Waals surface area contributed by atoms with Crippen molar-refractivity contribution in [1.29, 1.82) is 0 Å². The third-order valence-electron chi connectivity index (χ3n) is 6.95. The molecule has 1 atom stereocenters. The first-order valence-corrected chi connectivity index (χ1v) is 15.9. The van der Waals surface area contributed by atoms with Gasteiger partial charge in [-0.15, -0.1) is 23.1 Å². The Hall–Kier alpha value is -4.96. The van der Waals surface area contributed by atoms with Crippen molar-refractivity contribution in [2.24, 2.45) is 0 Å². The minimum Gasteiger partial charge on any atom is -0.478 e. The number of nitrogens with zero attached hydrogens (tertiary/aromatic N) is 1. The van der Waals surface area contributed by atoms with Gasteiger partial charge in [-0.05, 0) is 47.3 Å². The number of nitrogens with one attached hydrogen (secondary N) is 2. The predicted octanol–water partition coefficient (Wildman–Crippen LogP) is 9.04. The molecule has 5 aromatic carbocycles. The Morgan fingerprint density at radius 1 is 0.800 bits per heavy atom. The highest BCUT2D eigenvalue weighted by molar-refractivity contribution is 8.00. The van der Waals surface area contributed by atoms with E-state index in [1.807, 2.05) is 60.0 Å². The quantitative estimate of drug-likeness (QED) is 0.135. The minimum atomic E-state index is -1.11. The number of rotatable bonds is 9. The molecule has 0 saturated carbocycles. The number of benzene rings is 5. The topological polar surface area (TPSA) is 108 Å². The van der Waals surface area contributed by atoms with Gasteiger partial charge in [0.05, 0.1) is 11.3 Å². The Morgan fingerprint density at radius 3 is 2.27 bits per heavy atom. The number of carbonyl (C=O) groups is 3. The van der Waals surface area contributed by atoms with Crippen molar-refractivity contribution >= 4 is 74.1 Å². The van der Waals surface area contributed by atoms with Crippen LogP contribution in [0.1, 0.15) is 31.5 Å². The predicted molar refractivity (Wildman–Crippen MR) is 182 cm³/mol. The number of thiazole rings is 1. The molecule has 3 N–H and O–H groups in total. The summed E-state index contributed by atoms with van der Waals surface area (Å²) in [5, 5.41) is 18.9. The number of carbonyl (C=O) groups excluding carboxylic acids is 2. The molecular weight excluding hydrogens is 626 g/mol. The van der Waals surface area contributed by atoms with Crippen molar-refractivity contribution in [1.82, 2.24) is 4.98 Å². The smallest absolute Gasteiger partial charge is 0.336 e. The second-order valence-electron chi connectivity index (χ2n) is 9.91. The highest BCUT2D eigenvalue weighted by Gasteiger charge is 2.24. The molecular formula is C35H24ClN3O4S2. The van der Waals surface area contributed by atoms with E-state index in [9.17, 15) is 19.5 Å². The number of amides is 2. The van der Waals surface area contributed by atoms with E-state index in [1.165, 1.54) is 29.2 Å². The maximum absolute atomic E-state index is 13.7. The van der Waals surface area contributed by atoms with Gasteiger partial charge in [-0.3, -0.25) is 9.59 Å². The first kappa shape index (κ1) is 30.1. The summed E-state index contributed by atoms with van der Waals surface area (Å²) in [6.45, 7) is 0. The van der Waals surface area contributed by atoms with Gasteiger partial charge in [0.15, 0.2) is 5.13 Å². The van der Waals surface area contributed by atoms with Crippen molar-refractivity contribution in [3.63, 3.8) is 0 Å². The molecule has 1 aromatic heterocycles. The van der Waals surface area contributed by atoms with Crippen LogP contribution in [0.2, 0.25) is 5.02 Å². The SMILES string of the molecule is O=C(O)c1cccc2cccc(C(=O)Nc3cccc(SC(C(=O)Nc4nc(-c5ccccc5Cl)cs4)c4ccccc4)c3)c12. The van der Waals surface area contributed by atoms with Gasteiger partial charge >= 0.3 is 5.97 Å². The lowest BCUT2D eigenvalue weighted by atomic mass is 9.98. The van der Waals surface area contributed by atoms with Crippen LogP contribution in [0.25, 0.3) is 22.0 Å². The Kier molecular flexibility index (Phi) is 8.93. The van der Waals surface area contributed by atoms with E-state index in [0.29, 0.717) is 32.3 Å². The molecule has 0 bridgehead atoms. The molecule has 0 saturated heterocycles. The van der Waals surface area contributed by atoms with Crippen molar-refractivity contribution < 1.29 is 19.5 Å². The molecule has 6 aromatic rings. The number of carboxylic acids is 1. The Labute approximate surface area is 271 Å². The highest BCUT2D eigenvalue weighted by atomic mass is 35.5. The van der Waals surface area contributed by atoms with Crippen LogP contribution < -0.4 is 10.6 Å². The first-order valence-electron chi connectivity index (χ1n) is 13.8. The number of fused-ring (bicyclic) bond motifs is 1. The lowest BCUT2D eigenvalue weighted by Crippen LogP contribution is -2.19. The summed E-state index contributed by atoms with van der Waals surface area (Å²) in [7, 11) is 0. The Bertz CT molecular complexity index is 2040. The number of aromatic nitrogens is 1. The Morgan fingerprint density at radius 2 is 1.51 bits per heavy atom. The average molecular weight is 650 g/mol. The van der Waals surface area contributed by atoms with Gasteiger partial charge < -0.3 is 15.7 Å². The fraction of sp³-hybridized carbons (Fsp3) is 0.0286. The van der Waals surface area contributed by atoms with E-state index < -0.39 is 17.1 Å². The van der Waals surface area contributed by atoms with Crippen LogP contribution in [-0.2, 0) is 4.79 Å². The highest BCUT2D eigenvalue weighted by Crippen LogP contribution is 2.38. The molecule has 10 heteroatoms. The molecule has 0 spiro atoms. The van der Waals surface area contributed by atoms with Gasteiger partial charge in [-0.1, -0.05) is 90.5 Å². The van der Waals surface area contributed by atoms with Crippen LogP contribution in [0.4, 0.5) is 10.8 Å². The fourth-order valence-electron chi connectivity index (χ4n) is 4.89.